The highest BCUT2D eigenvalue weighted by atomic mass is 35.5. The van der Waals surface area contributed by atoms with Gasteiger partial charge in [-0.25, -0.2) is 4.39 Å². The predicted molar refractivity (Wildman–Crippen MR) is 173 cm³/mol. The van der Waals surface area contributed by atoms with Crippen molar-refractivity contribution < 1.29 is 32.9 Å². The minimum atomic E-state index is -0.615. The number of hydrogen-bond acceptors (Lipinski definition) is 9. The molecule has 2 heterocycles. The van der Waals surface area contributed by atoms with Gasteiger partial charge in [-0.3, -0.25) is 14.5 Å². The number of halogens is 2. The summed E-state index contributed by atoms with van der Waals surface area (Å²) in [7, 11) is 1.64. The summed E-state index contributed by atoms with van der Waals surface area (Å²) >= 11 is 6.01. The van der Waals surface area contributed by atoms with Crippen LogP contribution < -0.4 is 19.1 Å². The second kappa shape index (κ2) is 14.7. The molecule has 2 aliphatic heterocycles. The van der Waals surface area contributed by atoms with E-state index in [2.05, 4.69) is 35.1 Å². The van der Waals surface area contributed by atoms with Crippen LogP contribution in [0.5, 0.6) is 17.2 Å². The Hall–Kier alpha value is -3.57. The lowest BCUT2D eigenvalue weighted by Crippen LogP contribution is -2.48. The molecule has 0 radical (unpaired) electrons. The minimum absolute atomic E-state index is 0.000983. The molecule has 2 aromatic carbocycles. The number of Topliss-reactive ketones (excluding diaryl/α,β-unsaturated/α-hetero) is 1. The van der Waals surface area contributed by atoms with Crippen LogP contribution in [0.15, 0.2) is 22.7 Å². The van der Waals surface area contributed by atoms with Crippen LogP contribution in [0.4, 0.5) is 10.1 Å². The second-order valence-corrected chi connectivity index (χ2v) is 12.2. The van der Waals surface area contributed by atoms with Crippen molar-refractivity contribution >= 4 is 35.1 Å². The van der Waals surface area contributed by atoms with Gasteiger partial charge in [0.05, 0.1) is 51.3 Å². The molecule has 0 atom stereocenters. The van der Waals surface area contributed by atoms with Crippen molar-refractivity contribution in [2.75, 3.05) is 71.1 Å². The van der Waals surface area contributed by atoms with E-state index in [9.17, 15) is 9.59 Å². The molecule has 0 unspecified atom stereocenters. The van der Waals surface area contributed by atoms with E-state index in [1.165, 1.54) is 0 Å². The zero-order chi connectivity index (χ0) is 32.9. The number of esters is 1. The summed E-state index contributed by atoms with van der Waals surface area (Å²) in [6.45, 7) is 15.5. The number of rotatable bonds is 12. The number of carbonyl (C=O) groups excluding carboxylic acids is 2. The summed E-state index contributed by atoms with van der Waals surface area (Å²) in [6.07, 6.45) is 0. The number of amidine groups is 1. The first-order chi connectivity index (χ1) is 21.5. The Balaban J connectivity index is 1.63. The molecule has 0 amide bonds. The summed E-state index contributed by atoms with van der Waals surface area (Å²) in [5.74, 6) is 0.156. The van der Waals surface area contributed by atoms with E-state index >= 15 is 4.39 Å². The maximum atomic E-state index is 15.8. The highest BCUT2D eigenvalue weighted by Crippen LogP contribution is 2.42. The fourth-order valence-electron chi connectivity index (χ4n) is 5.81. The molecule has 0 aromatic heterocycles. The lowest BCUT2D eigenvalue weighted by atomic mass is 9.84. The van der Waals surface area contributed by atoms with Crippen molar-refractivity contribution in [1.82, 2.24) is 9.80 Å². The highest BCUT2D eigenvalue weighted by Gasteiger charge is 2.35. The van der Waals surface area contributed by atoms with Crippen LogP contribution in [-0.4, -0.2) is 93.6 Å². The second-order valence-electron chi connectivity index (χ2n) is 12.0. The molecule has 246 valence electrons. The average molecular weight is 647 g/mol. The van der Waals surface area contributed by atoms with E-state index in [4.69, 9.17) is 30.7 Å². The largest absolute Gasteiger partial charge is 0.494 e. The molecule has 4 rings (SSSR count). The molecule has 0 saturated carbocycles. The fourth-order valence-corrected chi connectivity index (χ4v) is 6.00. The van der Waals surface area contributed by atoms with E-state index in [0.29, 0.717) is 62.0 Å². The lowest BCUT2D eigenvalue weighted by molar-refractivity contribution is -0.144. The first-order valence-electron chi connectivity index (χ1n) is 15.4. The quantitative estimate of drug-likeness (QED) is 0.228. The molecule has 0 bridgehead atoms. The monoisotopic (exact) mass is 646 g/mol. The number of carbonyl (C=O) groups is 2. The standard InChI is InChI=1S/C33H44ClFN4O6/c1-8-43-26-17-22-18-39(32(36-34)28(22)29(35)31(26)45-10-3)19-25(40)21-15-23(33(4,5)6)30(42-7)24(16-21)38-13-11-37(12-14-38)20-27(41)44-9-2/h15-17H,8-14,18-20H2,1-7H3. The number of fused-ring (bicyclic) bond motifs is 1. The maximum absolute atomic E-state index is 15.8. The van der Waals surface area contributed by atoms with E-state index < -0.39 is 5.82 Å². The van der Waals surface area contributed by atoms with Gasteiger partial charge in [0.15, 0.2) is 28.9 Å². The summed E-state index contributed by atoms with van der Waals surface area (Å²) in [5, 5.41) is 0. The Morgan fingerprint density at radius 1 is 0.956 bits per heavy atom. The van der Waals surface area contributed by atoms with Crippen molar-refractivity contribution in [3.05, 3.63) is 46.3 Å². The molecule has 10 nitrogen and oxygen atoms in total. The summed E-state index contributed by atoms with van der Waals surface area (Å²) in [4.78, 5) is 31.9. The number of nitrogens with zero attached hydrogens (tertiary/aromatic N) is 4. The van der Waals surface area contributed by atoms with Gasteiger partial charge in [0, 0.05) is 55.6 Å². The zero-order valence-corrected chi connectivity index (χ0v) is 28.1. The zero-order valence-electron chi connectivity index (χ0n) is 27.3. The summed E-state index contributed by atoms with van der Waals surface area (Å²) < 4.78 is 41.9. The fraction of sp³-hybridized carbons (Fsp3) is 0.545. The van der Waals surface area contributed by atoms with Gasteiger partial charge in [-0.2, -0.15) is 4.51 Å². The van der Waals surface area contributed by atoms with Crippen LogP contribution >= 0.6 is 11.8 Å². The number of benzene rings is 2. The molecule has 1 fully saturated rings. The molecule has 0 aliphatic carbocycles. The number of piperazine rings is 1. The van der Waals surface area contributed by atoms with Crippen LogP contribution in [0.1, 0.15) is 68.6 Å². The Kier molecular flexibility index (Phi) is 11.2. The van der Waals surface area contributed by atoms with Gasteiger partial charge < -0.3 is 28.7 Å². The normalized spacial score (nSPS) is 16.2. The maximum Gasteiger partial charge on any atom is 0.320 e. The summed E-state index contributed by atoms with van der Waals surface area (Å²) in [6, 6.07) is 5.46. The number of anilines is 1. The molecule has 1 saturated heterocycles. The van der Waals surface area contributed by atoms with Crippen LogP contribution in [0, 0.1) is 5.82 Å². The molecular formula is C33H44ClFN4O6. The van der Waals surface area contributed by atoms with Gasteiger partial charge in [0.2, 0.25) is 0 Å². The molecule has 12 heteroatoms. The van der Waals surface area contributed by atoms with Gasteiger partial charge in [-0.1, -0.05) is 20.8 Å². The highest BCUT2D eigenvalue weighted by molar-refractivity contribution is 6.23. The van der Waals surface area contributed by atoms with Crippen molar-refractivity contribution in [2.45, 2.75) is 53.5 Å². The third-order valence-corrected chi connectivity index (χ3v) is 8.09. The molecule has 0 N–H and O–H groups in total. The SMILES string of the molecule is CCOC(=O)CN1CCN(c2cc(C(=O)CN3Cc4cc(OCC)c(OCC)c(F)c4C3=NCl)cc(C(C)(C)C)c2OC)CC1. The first-order valence-corrected chi connectivity index (χ1v) is 15.7. The minimum Gasteiger partial charge on any atom is -0.494 e. The smallest absolute Gasteiger partial charge is 0.320 e. The van der Waals surface area contributed by atoms with Crippen LogP contribution in [0.25, 0.3) is 0 Å². The van der Waals surface area contributed by atoms with Crippen molar-refractivity contribution in [3.8, 4) is 17.2 Å². The van der Waals surface area contributed by atoms with Crippen LogP contribution in [-0.2, 0) is 21.5 Å². The topological polar surface area (TPSA) is 93.1 Å². The van der Waals surface area contributed by atoms with Crippen molar-refractivity contribution in [2.24, 2.45) is 4.51 Å². The van der Waals surface area contributed by atoms with E-state index in [-0.39, 0.29) is 60.6 Å². The van der Waals surface area contributed by atoms with Crippen LogP contribution in [0.3, 0.4) is 0 Å². The van der Waals surface area contributed by atoms with E-state index in [1.807, 2.05) is 19.1 Å². The lowest BCUT2D eigenvalue weighted by Gasteiger charge is -2.37. The number of ether oxygens (including phenoxy) is 4. The Morgan fingerprint density at radius 2 is 1.64 bits per heavy atom. The molecule has 45 heavy (non-hydrogen) atoms. The Morgan fingerprint density at radius 3 is 2.22 bits per heavy atom. The number of methoxy groups -OCH3 is 1. The third-order valence-electron chi connectivity index (χ3n) is 7.93. The Labute approximate surface area is 270 Å². The number of ketones is 1. The van der Waals surface area contributed by atoms with Gasteiger partial charge in [-0.05, 0) is 49.9 Å². The van der Waals surface area contributed by atoms with Gasteiger partial charge in [0.1, 0.15) is 5.75 Å². The van der Waals surface area contributed by atoms with Gasteiger partial charge >= 0.3 is 5.97 Å². The molecule has 0 spiro atoms. The van der Waals surface area contributed by atoms with Gasteiger partial charge in [0.25, 0.3) is 0 Å². The molecule has 2 aliphatic rings. The average Bonchev–Trinajstić information content (AvgIpc) is 3.35. The predicted octanol–water partition coefficient (Wildman–Crippen LogP) is 5.21. The number of hydrogen-bond donors (Lipinski definition) is 0. The Bertz CT molecular complexity index is 1440. The van der Waals surface area contributed by atoms with E-state index in [0.717, 1.165) is 11.3 Å². The van der Waals surface area contributed by atoms with Crippen LogP contribution in [0.2, 0.25) is 0 Å². The summed E-state index contributed by atoms with van der Waals surface area (Å²) in [5.41, 5.74) is 2.69. The van der Waals surface area contributed by atoms with Crippen molar-refractivity contribution in [1.29, 1.82) is 0 Å². The molecular weight excluding hydrogens is 603 g/mol. The van der Waals surface area contributed by atoms with E-state index in [1.54, 1.807) is 31.9 Å². The third kappa shape index (κ3) is 7.47. The van der Waals surface area contributed by atoms with Gasteiger partial charge in [-0.15, -0.1) is 0 Å². The molecule has 2 aromatic rings. The first kappa shape index (κ1) is 34.3. The van der Waals surface area contributed by atoms with Crippen molar-refractivity contribution in [3.63, 3.8) is 0 Å².